The van der Waals surface area contributed by atoms with Gasteiger partial charge >= 0.3 is 6.36 Å². The van der Waals surface area contributed by atoms with Gasteiger partial charge in [0, 0.05) is 13.1 Å². The van der Waals surface area contributed by atoms with Gasteiger partial charge in [-0.2, -0.15) is 0 Å². The molecule has 0 heterocycles. The van der Waals surface area contributed by atoms with E-state index in [1.54, 1.807) is 7.05 Å². The van der Waals surface area contributed by atoms with Crippen LogP contribution in [0, 0.1) is 0 Å². The number of halogens is 3. The summed E-state index contributed by atoms with van der Waals surface area (Å²) < 4.78 is 39.5. The highest BCUT2D eigenvalue weighted by molar-refractivity contribution is 5.78. The fourth-order valence-electron chi connectivity index (χ4n) is 1.38. The summed E-state index contributed by atoms with van der Waals surface area (Å²) in [5.41, 5.74) is 0.622. The van der Waals surface area contributed by atoms with Crippen LogP contribution >= 0.6 is 0 Å². The van der Waals surface area contributed by atoms with Crippen molar-refractivity contribution in [1.29, 1.82) is 0 Å². The fraction of sp³-hybridized carbons (Fsp3) is 0.417. The lowest BCUT2D eigenvalue weighted by molar-refractivity contribution is -0.274. The molecule has 19 heavy (non-hydrogen) atoms. The van der Waals surface area contributed by atoms with Crippen LogP contribution in [-0.2, 0) is 11.2 Å². The molecule has 0 atom stereocenters. The largest absolute Gasteiger partial charge is 0.573 e. The Morgan fingerprint density at radius 2 is 1.84 bits per heavy atom. The lowest BCUT2D eigenvalue weighted by Crippen LogP contribution is -2.31. The second-order valence-corrected chi connectivity index (χ2v) is 3.82. The molecule has 0 spiro atoms. The first-order valence-corrected chi connectivity index (χ1v) is 5.66. The van der Waals surface area contributed by atoms with E-state index >= 15 is 0 Å². The Morgan fingerprint density at radius 3 is 2.37 bits per heavy atom. The first-order chi connectivity index (χ1) is 8.90. The van der Waals surface area contributed by atoms with Crippen molar-refractivity contribution in [1.82, 2.24) is 10.6 Å². The van der Waals surface area contributed by atoms with Gasteiger partial charge in [0.1, 0.15) is 5.75 Å². The molecule has 0 fully saturated rings. The molecule has 1 aromatic carbocycles. The van der Waals surface area contributed by atoms with Crippen LogP contribution in [0.3, 0.4) is 0 Å². The average Bonchev–Trinajstić information content (AvgIpc) is 2.30. The number of benzene rings is 1. The summed E-state index contributed by atoms with van der Waals surface area (Å²) in [5, 5.41) is 5.55. The Balaban J connectivity index is 2.46. The zero-order valence-electron chi connectivity index (χ0n) is 10.4. The number of amides is 1. The Labute approximate surface area is 108 Å². The summed E-state index contributed by atoms with van der Waals surface area (Å²) in [6.07, 6.45) is -4.58. The van der Waals surface area contributed by atoms with E-state index in [2.05, 4.69) is 15.4 Å². The molecule has 106 valence electrons. The molecule has 7 heteroatoms. The molecule has 0 radical (unpaired) electrons. The number of ether oxygens (including phenoxy) is 1. The van der Waals surface area contributed by atoms with Gasteiger partial charge in [0.25, 0.3) is 0 Å². The lowest BCUT2D eigenvalue weighted by Gasteiger charge is -2.09. The molecule has 1 aromatic rings. The van der Waals surface area contributed by atoms with Gasteiger partial charge in [0.2, 0.25) is 5.91 Å². The highest BCUT2D eigenvalue weighted by atomic mass is 19.4. The maximum absolute atomic E-state index is 11.9. The molecule has 1 amide bonds. The molecular weight excluding hydrogens is 261 g/mol. The molecule has 0 aliphatic carbocycles. The number of rotatable bonds is 6. The van der Waals surface area contributed by atoms with Crippen LogP contribution in [-0.4, -0.2) is 32.4 Å². The Kier molecular flexibility index (Phi) is 5.62. The predicted molar refractivity (Wildman–Crippen MR) is 63.8 cm³/mol. The van der Waals surface area contributed by atoms with E-state index in [0.29, 0.717) is 18.7 Å². The molecule has 0 saturated heterocycles. The Morgan fingerprint density at radius 1 is 1.21 bits per heavy atom. The minimum absolute atomic E-state index is 0.121. The molecule has 0 aliphatic rings. The third kappa shape index (κ3) is 6.66. The van der Waals surface area contributed by atoms with Gasteiger partial charge in [0.15, 0.2) is 0 Å². The first-order valence-electron chi connectivity index (χ1n) is 5.66. The molecule has 0 bridgehead atoms. The van der Waals surface area contributed by atoms with Gasteiger partial charge in [-0.3, -0.25) is 4.79 Å². The quantitative estimate of drug-likeness (QED) is 0.773. The summed E-state index contributed by atoms with van der Waals surface area (Å²) in [4.78, 5) is 11.5. The minimum Gasteiger partial charge on any atom is -0.406 e. The van der Waals surface area contributed by atoms with Crippen LogP contribution in [0.15, 0.2) is 24.3 Å². The highest BCUT2D eigenvalue weighted by Gasteiger charge is 2.30. The van der Waals surface area contributed by atoms with Crippen molar-refractivity contribution in [2.75, 3.05) is 20.1 Å². The SMILES string of the molecule is CNCCNC(=O)Cc1ccc(OC(F)(F)F)cc1. The molecule has 1 rings (SSSR count). The van der Waals surface area contributed by atoms with Gasteiger partial charge in [0.05, 0.1) is 6.42 Å². The van der Waals surface area contributed by atoms with Crippen molar-refractivity contribution >= 4 is 5.91 Å². The summed E-state index contributed by atoms with van der Waals surface area (Å²) in [7, 11) is 1.77. The summed E-state index contributed by atoms with van der Waals surface area (Å²) in [6.45, 7) is 1.16. The smallest absolute Gasteiger partial charge is 0.406 e. The summed E-state index contributed by atoms with van der Waals surface area (Å²) in [5.74, 6) is -0.480. The number of nitrogens with one attached hydrogen (secondary N) is 2. The van der Waals surface area contributed by atoms with Crippen molar-refractivity contribution in [2.24, 2.45) is 0 Å². The van der Waals surface area contributed by atoms with Crippen LogP contribution in [0.1, 0.15) is 5.56 Å². The first kappa shape index (κ1) is 15.3. The molecule has 0 unspecified atom stereocenters. The second kappa shape index (κ2) is 6.98. The molecule has 0 aliphatic heterocycles. The molecule has 0 aromatic heterocycles. The number of likely N-dealkylation sites (N-methyl/N-ethyl adjacent to an activating group) is 1. The monoisotopic (exact) mass is 276 g/mol. The average molecular weight is 276 g/mol. The predicted octanol–water partition coefficient (Wildman–Crippen LogP) is 1.46. The van der Waals surface area contributed by atoms with E-state index in [9.17, 15) is 18.0 Å². The van der Waals surface area contributed by atoms with Gasteiger partial charge in [-0.25, -0.2) is 0 Å². The second-order valence-electron chi connectivity index (χ2n) is 3.82. The van der Waals surface area contributed by atoms with Crippen molar-refractivity contribution in [3.05, 3.63) is 29.8 Å². The molecule has 2 N–H and O–H groups in total. The number of carbonyl (C=O) groups is 1. The van der Waals surface area contributed by atoms with Crippen LogP contribution in [0.2, 0.25) is 0 Å². The van der Waals surface area contributed by atoms with Crippen molar-refractivity contribution in [3.8, 4) is 5.75 Å². The van der Waals surface area contributed by atoms with Crippen molar-refractivity contribution in [2.45, 2.75) is 12.8 Å². The molecular formula is C12H15F3N2O2. The number of carbonyl (C=O) groups excluding carboxylic acids is 1. The number of hydrogen-bond acceptors (Lipinski definition) is 3. The zero-order valence-corrected chi connectivity index (χ0v) is 10.4. The normalized spacial score (nSPS) is 11.2. The Hall–Kier alpha value is -1.76. The van der Waals surface area contributed by atoms with E-state index < -0.39 is 6.36 Å². The fourth-order valence-corrected chi connectivity index (χ4v) is 1.38. The van der Waals surface area contributed by atoms with Crippen LogP contribution < -0.4 is 15.4 Å². The number of alkyl halides is 3. The summed E-state index contributed by atoms with van der Waals surface area (Å²) >= 11 is 0. The minimum atomic E-state index is -4.70. The maximum atomic E-state index is 11.9. The third-order valence-electron chi connectivity index (χ3n) is 2.22. The van der Waals surface area contributed by atoms with E-state index in [0.717, 1.165) is 0 Å². The standard InChI is InChI=1S/C12H15F3N2O2/c1-16-6-7-17-11(18)8-9-2-4-10(5-3-9)19-12(13,14)15/h2-5,16H,6-8H2,1H3,(H,17,18). The van der Waals surface area contributed by atoms with E-state index in [4.69, 9.17) is 0 Å². The molecule has 4 nitrogen and oxygen atoms in total. The van der Waals surface area contributed by atoms with E-state index in [-0.39, 0.29) is 18.1 Å². The van der Waals surface area contributed by atoms with Gasteiger partial charge in [-0.05, 0) is 24.7 Å². The Bertz CT molecular complexity index is 404. The summed E-state index contributed by atoms with van der Waals surface area (Å²) in [6, 6.07) is 5.23. The lowest BCUT2D eigenvalue weighted by atomic mass is 10.1. The number of hydrogen-bond donors (Lipinski definition) is 2. The van der Waals surface area contributed by atoms with E-state index in [1.165, 1.54) is 24.3 Å². The van der Waals surface area contributed by atoms with E-state index in [1.807, 2.05) is 0 Å². The van der Waals surface area contributed by atoms with Gasteiger partial charge in [-0.15, -0.1) is 13.2 Å². The van der Waals surface area contributed by atoms with Crippen LogP contribution in [0.5, 0.6) is 5.75 Å². The topological polar surface area (TPSA) is 50.4 Å². The van der Waals surface area contributed by atoms with Crippen LogP contribution in [0.4, 0.5) is 13.2 Å². The van der Waals surface area contributed by atoms with Gasteiger partial charge in [-0.1, -0.05) is 12.1 Å². The van der Waals surface area contributed by atoms with Crippen LogP contribution in [0.25, 0.3) is 0 Å². The zero-order chi connectivity index (χ0) is 14.3. The molecule has 0 saturated carbocycles. The van der Waals surface area contributed by atoms with Gasteiger partial charge < -0.3 is 15.4 Å². The maximum Gasteiger partial charge on any atom is 0.573 e. The third-order valence-corrected chi connectivity index (χ3v) is 2.22. The van der Waals surface area contributed by atoms with Crippen molar-refractivity contribution < 1.29 is 22.7 Å². The van der Waals surface area contributed by atoms with Crippen molar-refractivity contribution in [3.63, 3.8) is 0 Å². The highest BCUT2D eigenvalue weighted by Crippen LogP contribution is 2.22.